The van der Waals surface area contributed by atoms with Crippen molar-refractivity contribution in [3.63, 3.8) is 0 Å². The monoisotopic (exact) mass is 849 g/mol. The van der Waals surface area contributed by atoms with Crippen molar-refractivity contribution in [1.82, 2.24) is 20.6 Å². The Balaban J connectivity index is 1.54. The number of hydrogen-bond acceptors (Lipinski definition) is 18. The Morgan fingerprint density at radius 2 is 1.44 bits per heavy atom. The number of nitrogens with zero attached hydrogens (tertiary/aromatic N) is 4. The van der Waals surface area contributed by atoms with Crippen LogP contribution in [-0.4, -0.2) is 101 Å². The molecule has 0 saturated heterocycles. The molecule has 310 valence electrons. The molecular weight excluding hydrogens is 810 g/mol. The number of nitriles is 2. The molecule has 2 heterocycles. The van der Waals surface area contributed by atoms with Gasteiger partial charge in [-0.15, -0.1) is 0 Å². The lowest BCUT2D eigenvalue weighted by molar-refractivity contribution is -0.167. The van der Waals surface area contributed by atoms with Crippen molar-refractivity contribution in [1.29, 1.82) is 10.5 Å². The fourth-order valence-corrected chi connectivity index (χ4v) is 6.17. The maximum absolute atomic E-state index is 13.1. The number of amides is 2. The van der Waals surface area contributed by atoms with E-state index < -0.39 is 80.5 Å². The van der Waals surface area contributed by atoms with E-state index in [-0.39, 0.29) is 39.0 Å². The van der Waals surface area contributed by atoms with Gasteiger partial charge < -0.3 is 56.7 Å². The lowest BCUT2D eigenvalue weighted by Gasteiger charge is -2.25. The highest BCUT2D eigenvalue weighted by molar-refractivity contribution is 7.98. The molecule has 0 aliphatic rings. The molecule has 0 fully saturated rings. The minimum atomic E-state index is -1.56. The lowest BCUT2D eigenvalue weighted by atomic mass is 9.97. The first-order chi connectivity index (χ1) is 28.2. The molecule has 0 bridgehead atoms. The predicted molar refractivity (Wildman–Crippen MR) is 212 cm³/mol. The fourth-order valence-electron chi connectivity index (χ4n) is 5.18. The molecular formula is C38H40ClN9O10S. The minimum absolute atomic E-state index is 0.0348. The predicted octanol–water partition coefficient (Wildman–Crippen LogP) is 1.16. The SMILES string of the molecule is CC(O)C(NC(=O)CN)C(=O)OCC(COc1ccc(-c2c(C#N)c(N)nc(SCc3coc(-c4ccc(Cl)cc4)n3)c2C#N)cc1)OC(=O)C(NC(=O)CN)C(C)O. The summed E-state index contributed by atoms with van der Waals surface area (Å²) < 4.78 is 22.2. The van der Waals surface area contributed by atoms with Crippen LogP contribution < -0.4 is 32.6 Å². The van der Waals surface area contributed by atoms with Gasteiger partial charge in [-0.3, -0.25) is 9.59 Å². The van der Waals surface area contributed by atoms with E-state index in [1.807, 2.05) is 6.07 Å². The van der Waals surface area contributed by atoms with Gasteiger partial charge in [0, 0.05) is 21.9 Å². The van der Waals surface area contributed by atoms with Crippen LogP contribution in [0.5, 0.6) is 5.75 Å². The largest absolute Gasteiger partial charge is 0.490 e. The summed E-state index contributed by atoms with van der Waals surface area (Å²) in [6.07, 6.45) is -2.71. The van der Waals surface area contributed by atoms with Crippen LogP contribution in [0.15, 0.2) is 64.2 Å². The summed E-state index contributed by atoms with van der Waals surface area (Å²) in [6, 6.07) is 14.1. The van der Waals surface area contributed by atoms with Crippen LogP contribution in [0, 0.1) is 22.7 Å². The number of aliphatic hydroxyl groups is 2. The quantitative estimate of drug-likeness (QED) is 0.0514. The number of carbonyl (C=O) groups excluding carboxylic acids is 4. The topological polar surface area (TPSA) is 325 Å². The number of thioether (sulfide) groups is 1. The molecule has 2 aromatic carbocycles. The molecule has 2 aromatic heterocycles. The van der Waals surface area contributed by atoms with Crippen molar-refractivity contribution in [2.75, 3.05) is 32.0 Å². The summed E-state index contributed by atoms with van der Waals surface area (Å²) in [5.41, 5.74) is 18.8. The highest BCUT2D eigenvalue weighted by atomic mass is 35.5. The maximum Gasteiger partial charge on any atom is 0.331 e. The zero-order valence-electron chi connectivity index (χ0n) is 31.6. The van der Waals surface area contributed by atoms with Crippen molar-refractivity contribution >= 4 is 52.9 Å². The van der Waals surface area contributed by atoms with Crippen LogP contribution in [0.4, 0.5) is 5.82 Å². The molecule has 4 aromatic rings. The van der Waals surface area contributed by atoms with Gasteiger partial charge >= 0.3 is 11.9 Å². The molecule has 0 radical (unpaired) electrons. The van der Waals surface area contributed by atoms with Gasteiger partial charge in [-0.05, 0) is 55.8 Å². The van der Waals surface area contributed by atoms with Crippen molar-refractivity contribution in [3.05, 3.63) is 76.6 Å². The molecule has 5 atom stereocenters. The summed E-state index contributed by atoms with van der Waals surface area (Å²) in [6.45, 7) is 0.386. The molecule has 21 heteroatoms. The molecule has 5 unspecified atom stereocenters. The summed E-state index contributed by atoms with van der Waals surface area (Å²) in [4.78, 5) is 58.5. The highest BCUT2D eigenvalue weighted by Gasteiger charge is 2.32. The molecule has 10 N–H and O–H groups in total. The summed E-state index contributed by atoms with van der Waals surface area (Å²) >= 11 is 7.15. The van der Waals surface area contributed by atoms with Gasteiger partial charge in [-0.25, -0.2) is 19.6 Å². The second kappa shape index (κ2) is 21.5. The van der Waals surface area contributed by atoms with Crippen molar-refractivity contribution in [3.8, 4) is 40.5 Å². The highest BCUT2D eigenvalue weighted by Crippen LogP contribution is 2.37. The van der Waals surface area contributed by atoms with Gasteiger partial charge in [-0.2, -0.15) is 10.5 Å². The second-order valence-corrected chi connectivity index (χ2v) is 14.0. The zero-order chi connectivity index (χ0) is 43.2. The normalized spacial score (nSPS) is 13.4. The van der Waals surface area contributed by atoms with E-state index in [2.05, 4.69) is 26.7 Å². The zero-order valence-corrected chi connectivity index (χ0v) is 33.2. The summed E-state index contributed by atoms with van der Waals surface area (Å²) in [7, 11) is 0. The molecule has 59 heavy (non-hydrogen) atoms. The van der Waals surface area contributed by atoms with Crippen molar-refractivity contribution in [2.45, 2.75) is 55.0 Å². The number of ether oxygens (including phenoxy) is 3. The molecule has 0 aliphatic carbocycles. The van der Waals surface area contributed by atoms with Crippen LogP contribution in [0.25, 0.3) is 22.6 Å². The Morgan fingerprint density at radius 3 is 2.00 bits per heavy atom. The van der Waals surface area contributed by atoms with Gasteiger partial charge in [0.05, 0.1) is 36.6 Å². The summed E-state index contributed by atoms with van der Waals surface area (Å²) in [5, 5.41) is 45.8. The van der Waals surface area contributed by atoms with E-state index in [9.17, 15) is 39.9 Å². The molecule has 0 spiro atoms. The Labute approximate surface area is 346 Å². The average molecular weight is 850 g/mol. The Bertz CT molecular complexity index is 2210. The number of oxazole rings is 1. The average Bonchev–Trinajstić information content (AvgIpc) is 3.70. The first kappa shape index (κ1) is 45.4. The van der Waals surface area contributed by atoms with E-state index >= 15 is 0 Å². The Hall–Kier alpha value is -6.26. The van der Waals surface area contributed by atoms with E-state index in [1.54, 1.807) is 36.4 Å². The number of rotatable bonds is 19. The number of benzene rings is 2. The van der Waals surface area contributed by atoms with Crippen LogP contribution in [0.3, 0.4) is 0 Å². The minimum Gasteiger partial charge on any atom is -0.490 e. The number of nitrogens with one attached hydrogen (secondary N) is 2. The van der Waals surface area contributed by atoms with Gasteiger partial charge in [0.15, 0.2) is 18.2 Å². The number of nitrogens with two attached hydrogens (primary N) is 3. The number of aliphatic hydroxyl groups excluding tert-OH is 2. The van der Waals surface area contributed by atoms with Crippen LogP contribution in [0.1, 0.15) is 30.7 Å². The van der Waals surface area contributed by atoms with E-state index in [1.165, 1.54) is 44.0 Å². The van der Waals surface area contributed by atoms with Crippen LogP contribution in [-0.2, 0) is 34.4 Å². The molecule has 2 amide bonds. The third-order valence-corrected chi connectivity index (χ3v) is 9.43. The Kier molecular flexibility index (Phi) is 16.5. The van der Waals surface area contributed by atoms with Crippen LogP contribution >= 0.6 is 23.4 Å². The number of halogens is 1. The number of nitrogen functional groups attached to an aromatic ring is 1. The second-order valence-electron chi connectivity index (χ2n) is 12.6. The number of hydrogen-bond donors (Lipinski definition) is 7. The first-order valence-corrected chi connectivity index (χ1v) is 19.0. The van der Waals surface area contributed by atoms with Gasteiger partial charge in [0.1, 0.15) is 53.8 Å². The molecule has 19 nitrogen and oxygen atoms in total. The van der Waals surface area contributed by atoms with Crippen LogP contribution in [0.2, 0.25) is 5.02 Å². The van der Waals surface area contributed by atoms with Crippen molar-refractivity contribution < 1.29 is 48.0 Å². The van der Waals surface area contributed by atoms with Gasteiger partial charge in [0.2, 0.25) is 17.7 Å². The Morgan fingerprint density at radius 1 is 0.864 bits per heavy atom. The third kappa shape index (κ3) is 12.4. The third-order valence-electron chi connectivity index (χ3n) is 8.16. The fraction of sp³-hybridized carbons (Fsp3) is 0.316. The van der Waals surface area contributed by atoms with E-state index in [0.29, 0.717) is 27.7 Å². The molecule has 0 saturated carbocycles. The van der Waals surface area contributed by atoms with E-state index in [0.717, 1.165) is 0 Å². The van der Waals surface area contributed by atoms with Crippen molar-refractivity contribution in [2.24, 2.45) is 11.5 Å². The lowest BCUT2D eigenvalue weighted by Crippen LogP contribution is -2.52. The number of anilines is 1. The smallest absolute Gasteiger partial charge is 0.331 e. The molecule has 0 aliphatic heterocycles. The first-order valence-electron chi connectivity index (χ1n) is 17.6. The number of pyridine rings is 1. The molecule has 4 rings (SSSR count). The number of aromatic nitrogens is 2. The van der Waals surface area contributed by atoms with E-state index in [4.69, 9.17) is 47.4 Å². The van der Waals surface area contributed by atoms with Gasteiger partial charge in [0.25, 0.3) is 0 Å². The number of esters is 2. The van der Waals surface area contributed by atoms with Gasteiger partial charge in [-0.1, -0.05) is 35.5 Å². The maximum atomic E-state index is 13.1. The summed E-state index contributed by atoms with van der Waals surface area (Å²) in [5.74, 6) is -3.01. The number of carbonyl (C=O) groups is 4. The standard InChI is InChI=1S/C38H40ClN9O10S/c1-19(49)32(46-29(51)13-42)37(53)57-17-26(58-38(54)33(20(2)50)47-30(52)14-43)16-55-25-9-5-21(6-10-25)31-27(11-40)34(44)48-36(28(31)12-41)59-18-24-15-56-35(45-24)22-3-7-23(39)8-4-22/h3-10,15,19-20,26,32-33,49-50H,13-14,16-18,42-43H2,1-2H3,(H2,44,48)(H,46,51)(H,47,52).